The quantitative estimate of drug-likeness (QED) is 0.589. The molecular formula is C23H22N2O4. The summed E-state index contributed by atoms with van der Waals surface area (Å²) < 4.78 is 10.4. The van der Waals surface area contributed by atoms with Gasteiger partial charge in [0.1, 0.15) is 12.4 Å². The summed E-state index contributed by atoms with van der Waals surface area (Å²) in [5.41, 5.74) is 2.99. The van der Waals surface area contributed by atoms with Crippen molar-refractivity contribution in [3.05, 3.63) is 84.4 Å². The van der Waals surface area contributed by atoms with Gasteiger partial charge < -0.3 is 14.8 Å². The molecule has 0 saturated heterocycles. The maximum absolute atomic E-state index is 12.3. The van der Waals surface area contributed by atoms with Gasteiger partial charge in [0.15, 0.2) is 0 Å². The Balaban J connectivity index is 1.55. The fourth-order valence-corrected chi connectivity index (χ4v) is 2.78. The summed E-state index contributed by atoms with van der Waals surface area (Å²) in [6.07, 6.45) is -0.590. The highest BCUT2D eigenvalue weighted by molar-refractivity contribution is 5.96. The number of rotatable bonds is 7. The summed E-state index contributed by atoms with van der Waals surface area (Å²) in [5, 5.41) is 5.35. The van der Waals surface area contributed by atoms with E-state index < -0.39 is 6.09 Å². The molecule has 29 heavy (non-hydrogen) atoms. The number of anilines is 1. The molecule has 3 rings (SSSR count). The minimum atomic E-state index is -0.590. The molecule has 0 aliphatic carbocycles. The van der Waals surface area contributed by atoms with Crippen molar-refractivity contribution in [3.63, 3.8) is 0 Å². The van der Waals surface area contributed by atoms with E-state index in [1.54, 1.807) is 24.3 Å². The monoisotopic (exact) mass is 390 g/mol. The first-order chi connectivity index (χ1) is 14.2. The van der Waals surface area contributed by atoms with Crippen LogP contribution >= 0.6 is 0 Å². The molecule has 148 valence electrons. The van der Waals surface area contributed by atoms with Gasteiger partial charge in [-0.25, -0.2) is 4.79 Å². The Morgan fingerprint density at radius 2 is 1.66 bits per heavy atom. The van der Waals surface area contributed by atoms with E-state index >= 15 is 0 Å². The Kier molecular flexibility index (Phi) is 6.84. The van der Waals surface area contributed by atoms with E-state index in [1.165, 1.54) is 7.11 Å². The molecule has 0 aromatic heterocycles. The largest absolute Gasteiger partial charge is 0.491 e. The van der Waals surface area contributed by atoms with Crippen molar-refractivity contribution in [1.29, 1.82) is 0 Å². The van der Waals surface area contributed by atoms with Gasteiger partial charge in [-0.15, -0.1) is 0 Å². The number of methoxy groups -OCH3 is 1. The van der Waals surface area contributed by atoms with Gasteiger partial charge in [-0.1, -0.05) is 54.6 Å². The van der Waals surface area contributed by atoms with Gasteiger partial charge in [0, 0.05) is 16.8 Å². The molecule has 6 nitrogen and oxygen atoms in total. The van der Waals surface area contributed by atoms with Gasteiger partial charge in [-0.3, -0.25) is 10.1 Å². The van der Waals surface area contributed by atoms with E-state index in [4.69, 9.17) is 4.74 Å². The first-order valence-corrected chi connectivity index (χ1v) is 9.18. The van der Waals surface area contributed by atoms with Crippen molar-refractivity contribution in [2.24, 2.45) is 0 Å². The summed E-state index contributed by atoms with van der Waals surface area (Å²) in [5.74, 6) is 0.510. The summed E-state index contributed by atoms with van der Waals surface area (Å²) in [7, 11) is 1.28. The van der Waals surface area contributed by atoms with Crippen LogP contribution in [0.3, 0.4) is 0 Å². The summed E-state index contributed by atoms with van der Waals surface area (Å²) >= 11 is 0. The Hall–Kier alpha value is -3.80. The molecule has 0 unspecified atom stereocenters. The van der Waals surface area contributed by atoms with E-state index in [-0.39, 0.29) is 5.91 Å². The van der Waals surface area contributed by atoms with Crippen LogP contribution in [0.2, 0.25) is 0 Å². The molecule has 3 aromatic rings. The lowest BCUT2D eigenvalue weighted by molar-refractivity contribution is 0.0947. The van der Waals surface area contributed by atoms with Crippen molar-refractivity contribution in [3.8, 4) is 16.9 Å². The number of hydrogen-bond donors (Lipinski definition) is 2. The molecule has 0 radical (unpaired) electrons. The van der Waals surface area contributed by atoms with Gasteiger partial charge in [-0.2, -0.15) is 0 Å². The normalized spacial score (nSPS) is 10.1. The van der Waals surface area contributed by atoms with Crippen molar-refractivity contribution >= 4 is 17.7 Å². The Bertz CT molecular complexity index is 973. The molecule has 0 spiro atoms. The SMILES string of the molecule is COC(=O)Nc1cccc(C(=O)NCCOc2ccccc2-c2ccccc2)c1. The van der Waals surface area contributed by atoms with Crippen LogP contribution in [0.4, 0.5) is 10.5 Å². The minimum Gasteiger partial charge on any atom is -0.491 e. The predicted octanol–water partition coefficient (Wildman–Crippen LogP) is 4.34. The Morgan fingerprint density at radius 1 is 0.897 bits per heavy atom. The highest BCUT2D eigenvalue weighted by Crippen LogP contribution is 2.29. The van der Waals surface area contributed by atoms with Gasteiger partial charge in [0.05, 0.1) is 13.7 Å². The van der Waals surface area contributed by atoms with Crippen LogP contribution in [0.5, 0.6) is 5.75 Å². The topological polar surface area (TPSA) is 76.7 Å². The summed E-state index contributed by atoms with van der Waals surface area (Å²) in [6, 6.07) is 24.4. The van der Waals surface area contributed by atoms with E-state index in [1.807, 2.05) is 54.6 Å². The smallest absolute Gasteiger partial charge is 0.411 e. The van der Waals surface area contributed by atoms with Gasteiger partial charge in [0.2, 0.25) is 0 Å². The molecule has 3 aromatic carbocycles. The second-order valence-electron chi connectivity index (χ2n) is 6.16. The first-order valence-electron chi connectivity index (χ1n) is 9.18. The summed E-state index contributed by atoms with van der Waals surface area (Å²) in [6.45, 7) is 0.673. The third kappa shape index (κ3) is 5.59. The third-order valence-electron chi connectivity index (χ3n) is 4.17. The maximum atomic E-state index is 12.3. The molecule has 6 heteroatoms. The lowest BCUT2D eigenvalue weighted by Crippen LogP contribution is -2.28. The van der Waals surface area contributed by atoms with Crippen LogP contribution in [0.15, 0.2) is 78.9 Å². The average molecular weight is 390 g/mol. The van der Waals surface area contributed by atoms with E-state index in [9.17, 15) is 9.59 Å². The lowest BCUT2D eigenvalue weighted by Gasteiger charge is -2.12. The zero-order chi connectivity index (χ0) is 20.5. The molecule has 0 bridgehead atoms. The zero-order valence-corrected chi connectivity index (χ0v) is 16.1. The second kappa shape index (κ2) is 9.94. The Labute approximate surface area is 169 Å². The second-order valence-corrected chi connectivity index (χ2v) is 6.16. The number of benzene rings is 3. The number of hydrogen-bond acceptors (Lipinski definition) is 4. The maximum Gasteiger partial charge on any atom is 0.411 e. The van der Waals surface area contributed by atoms with E-state index in [0.717, 1.165) is 16.9 Å². The molecular weight excluding hydrogens is 368 g/mol. The molecule has 0 atom stereocenters. The van der Waals surface area contributed by atoms with Gasteiger partial charge >= 0.3 is 6.09 Å². The molecule has 2 amide bonds. The van der Waals surface area contributed by atoms with Crippen molar-refractivity contribution in [2.45, 2.75) is 0 Å². The van der Waals surface area contributed by atoms with Gasteiger partial charge in [-0.05, 0) is 29.8 Å². The number of carbonyl (C=O) groups excluding carboxylic acids is 2. The van der Waals surface area contributed by atoms with Crippen LogP contribution in [0, 0.1) is 0 Å². The van der Waals surface area contributed by atoms with Gasteiger partial charge in [0.25, 0.3) is 5.91 Å². The zero-order valence-electron chi connectivity index (χ0n) is 16.1. The highest BCUT2D eigenvalue weighted by Gasteiger charge is 2.09. The standard InChI is InChI=1S/C23H22N2O4/c1-28-23(27)25-19-11-7-10-18(16-19)22(26)24-14-15-29-21-13-6-5-12-20(21)17-8-3-2-4-9-17/h2-13,16H,14-15H2,1H3,(H,24,26)(H,25,27). The van der Waals surface area contributed by atoms with Crippen molar-refractivity contribution in [1.82, 2.24) is 5.32 Å². The third-order valence-corrected chi connectivity index (χ3v) is 4.17. The minimum absolute atomic E-state index is 0.251. The fourth-order valence-electron chi connectivity index (χ4n) is 2.78. The van der Waals surface area contributed by atoms with Crippen LogP contribution in [0.25, 0.3) is 11.1 Å². The number of ether oxygens (including phenoxy) is 2. The van der Waals surface area contributed by atoms with E-state index in [0.29, 0.717) is 24.4 Å². The number of para-hydroxylation sites is 1. The van der Waals surface area contributed by atoms with Crippen LogP contribution in [-0.4, -0.2) is 32.3 Å². The highest BCUT2D eigenvalue weighted by atomic mass is 16.5. The lowest BCUT2D eigenvalue weighted by atomic mass is 10.1. The number of nitrogens with one attached hydrogen (secondary N) is 2. The van der Waals surface area contributed by atoms with E-state index in [2.05, 4.69) is 15.4 Å². The van der Waals surface area contributed by atoms with Crippen molar-refractivity contribution < 1.29 is 19.1 Å². The molecule has 0 saturated carbocycles. The average Bonchev–Trinajstić information content (AvgIpc) is 2.77. The van der Waals surface area contributed by atoms with Crippen LogP contribution in [0.1, 0.15) is 10.4 Å². The predicted molar refractivity (Wildman–Crippen MR) is 112 cm³/mol. The van der Waals surface area contributed by atoms with Crippen molar-refractivity contribution in [2.75, 3.05) is 25.6 Å². The fraction of sp³-hybridized carbons (Fsp3) is 0.130. The van der Waals surface area contributed by atoms with Crippen LogP contribution < -0.4 is 15.4 Å². The molecule has 2 N–H and O–H groups in total. The Morgan fingerprint density at radius 3 is 2.45 bits per heavy atom. The number of amides is 2. The first kappa shape index (κ1) is 19.9. The van der Waals surface area contributed by atoms with Crippen LogP contribution in [-0.2, 0) is 4.74 Å². The molecule has 0 aliphatic rings. The summed E-state index contributed by atoms with van der Waals surface area (Å²) in [4.78, 5) is 23.6. The molecule has 0 heterocycles. The molecule has 0 fully saturated rings. The number of carbonyl (C=O) groups is 2. The molecule has 0 aliphatic heterocycles.